The molecule has 2 atom stereocenters. The van der Waals surface area contributed by atoms with Crippen molar-refractivity contribution in [2.75, 3.05) is 20.1 Å². The summed E-state index contributed by atoms with van der Waals surface area (Å²) in [4.78, 5) is 2.53. The summed E-state index contributed by atoms with van der Waals surface area (Å²) >= 11 is 0. The zero-order valence-corrected chi connectivity index (χ0v) is 10.00. The highest BCUT2D eigenvalue weighted by Crippen LogP contribution is 2.25. The molecule has 0 aromatic heterocycles. The van der Waals surface area contributed by atoms with Crippen molar-refractivity contribution in [3.05, 3.63) is 0 Å². The Balaban J connectivity index is 2.60. The van der Waals surface area contributed by atoms with E-state index in [1.54, 1.807) is 0 Å². The fraction of sp³-hybridized carbons (Fsp3) is 1.00. The van der Waals surface area contributed by atoms with Crippen molar-refractivity contribution >= 4 is 0 Å². The average Bonchev–Trinajstić information content (AvgIpc) is 2.33. The maximum atomic E-state index is 5.89. The van der Waals surface area contributed by atoms with Crippen LogP contribution in [0.3, 0.4) is 0 Å². The van der Waals surface area contributed by atoms with Gasteiger partial charge in [-0.05, 0) is 44.8 Å². The summed E-state index contributed by atoms with van der Waals surface area (Å²) in [5.41, 5.74) is 5.89. The van der Waals surface area contributed by atoms with Gasteiger partial charge in [0.15, 0.2) is 0 Å². The van der Waals surface area contributed by atoms with Crippen molar-refractivity contribution in [2.24, 2.45) is 17.6 Å². The van der Waals surface area contributed by atoms with Gasteiger partial charge in [0.05, 0.1) is 0 Å². The van der Waals surface area contributed by atoms with Crippen molar-refractivity contribution in [1.82, 2.24) is 4.90 Å². The van der Waals surface area contributed by atoms with Gasteiger partial charge in [0.1, 0.15) is 0 Å². The van der Waals surface area contributed by atoms with E-state index >= 15 is 0 Å². The summed E-state index contributed by atoms with van der Waals surface area (Å²) in [6, 6.07) is 0.725. The van der Waals surface area contributed by atoms with Gasteiger partial charge in [0, 0.05) is 6.04 Å². The van der Waals surface area contributed by atoms with E-state index in [0.29, 0.717) is 11.8 Å². The van der Waals surface area contributed by atoms with Gasteiger partial charge in [-0.25, -0.2) is 0 Å². The molecule has 0 aromatic carbocycles. The molecule has 84 valence electrons. The topological polar surface area (TPSA) is 29.3 Å². The van der Waals surface area contributed by atoms with Crippen LogP contribution in [0.4, 0.5) is 0 Å². The Hall–Kier alpha value is -0.0800. The summed E-state index contributed by atoms with van der Waals surface area (Å²) in [6.45, 7) is 6.70. The van der Waals surface area contributed by atoms with Crippen LogP contribution in [0.2, 0.25) is 0 Å². The van der Waals surface area contributed by atoms with Gasteiger partial charge in [-0.3, -0.25) is 0 Å². The second kappa shape index (κ2) is 5.72. The summed E-state index contributed by atoms with van der Waals surface area (Å²) in [5, 5.41) is 0. The second-order valence-corrected chi connectivity index (χ2v) is 5.04. The first-order valence-corrected chi connectivity index (χ1v) is 6.07. The molecule has 1 fully saturated rings. The highest BCUT2D eigenvalue weighted by Gasteiger charge is 2.27. The highest BCUT2D eigenvalue weighted by molar-refractivity contribution is 4.82. The van der Waals surface area contributed by atoms with Crippen LogP contribution in [0.1, 0.15) is 39.5 Å². The predicted molar refractivity (Wildman–Crippen MR) is 62.3 cm³/mol. The Kier molecular flexibility index (Phi) is 4.90. The Bertz CT molecular complexity index is 156. The summed E-state index contributed by atoms with van der Waals surface area (Å²) in [7, 11) is 2.26. The fourth-order valence-corrected chi connectivity index (χ4v) is 2.69. The molecule has 0 radical (unpaired) electrons. The summed E-state index contributed by atoms with van der Waals surface area (Å²) in [5.74, 6) is 1.39. The normalized spacial score (nSPS) is 27.6. The minimum Gasteiger partial charge on any atom is -0.330 e. The first-order valence-electron chi connectivity index (χ1n) is 6.07. The van der Waals surface area contributed by atoms with E-state index in [1.807, 2.05) is 0 Å². The first-order chi connectivity index (χ1) is 6.66. The van der Waals surface area contributed by atoms with Crippen LogP contribution in [-0.2, 0) is 0 Å². The number of rotatable bonds is 3. The lowest BCUT2D eigenvalue weighted by Crippen LogP contribution is -2.42. The molecule has 0 bridgehead atoms. The van der Waals surface area contributed by atoms with Gasteiger partial charge in [-0.1, -0.05) is 26.7 Å². The molecule has 2 N–H and O–H groups in total. The minimum atomic E-state index is 0.679. The molecule has 0 saturated carbocycles. The molecule has 0 aromatic rings. The van der Waals surface area contributed by atoms with Crippen LogP contribution < -0.4 is 5.73 Å². The minimum absolute atomic E-state index is 0.679. The van der Waals surface area contributed by atoms with E-state index in [9.17, 15) is 0 Å². The van der Waals surface area contributed by atoms with E-state index in [1.165, 1.54) is 32.2 Å². The third-order valence-corrected chi connectivity index (χ3v) is 3.70. The first kappa shape index (κ1) is 12.0. The van der Waals surface area contributed by atoms with Crippen LogP contribution in [0, 0.1) is 11.8 Å². The van der Waals surface area contributed by atoms with Crippen LogP contribution >= 0.6 is 0 Å². The van der Waals surface area contributed by atoms with Gasteiger partial charge in [-0.2, -0.15) is 0 Å². The molecule has 2 unspecified atom stereocenters. The van der Waals surface area contributed by atoms with Crippen molar-refractivity contribution in [1.29, 1.82) is 0 Å². The SMILES string of the molecule is CC(C)C(CN)C1CCCCCN1C. The van der Waals surface area contributed by atoms with Crippen molar-refractivity contribution in [3.8, 4) is 0 Å². The lowest BCUT2D eigenvalue weighted by molar-refractivity contribution is 0.148. The van der Waals surface area contributed by atoms with E-state index in [4.69, 9.17) is 5.73 Å². The van der Waals surface area contributed by atoms with Gasteiger partial charge >= 0.3 is 0 Å². The Morgan fingerprint density at radius 1 is 1.29 bits per heavy atom. The molecule has 2 heteroatoms. The molecule has 1 aliphatic rings. The molecular weight excluding hydrogens is 172 g/mol. The van der Waals surface area contributed by atoms with E-state index in [2.05, 4.69) is 25.8 Å². The van der Waals surface area contributed by atoms with Crippen molar-refractivity contribution in [2.45, 2.75) is 45.6 Å². The van der Waals surface area contributed by atoms with E-state index in [0.717, 1.165) is 12.6 Å². The van der Waals surface area contributed by atoms with Gasteiger partial charge < -0.3 is 10.6 Å². The van der Waals surface area contributed by atoms with Crippen LogP contribution in [0.15, 0.2) is 0 Å². The molecule has 1 heterocycles. The Labute approximate surface area is 88.8 Å². The smallest absolute Gasteiger partial charge is 0.0135 e. The highest BCUT2D eigenvalue weighted by atomic mass is 15.1. The average molecular weight is 198 g/mol. The summed E-state index contributed by atoms with van der Waals surface area (Å²) < 4.78 is 0. The number of hydrogen-bond acceptors (Lipinski definition) is 2. The van der Waals surface area contributed by atoms with Crippen molar-refractivity contribution < 1.29 is 0 Å². The number of likely N-dealkylation sites (tertiary alicyclic amines) is 1. The predicted octanol–water partition coefficient (Wildman–Crippen LogP) is 2.09. The zero-order valence-electron chi connectivity index (χ0n) is 10.00. The molecule has 0 spiro atoms. The van der Waals surface area contributed by atoms with Crippen molar-refractivity contribution in [3.63, 3.8) is 0 Å². The van der Waals surface area contributed by atoms with Crippen LogP contribution in [-0.4, -0.2) is 31.1 Å². The molecule has 1 aliphatic heterocycles. The van der Waals surface area contributed by atoms with E-state index in [-0.39, 0.29) is 0 Å². The Morgan fingerprint density at radius 3 is 2.57 bits per heavy atom. The number of hydrogen-bond donors (Lipinski definition) is 1. The molecule has 1 saturated heterocycles. The van der Waals surface area contributed by atoms with E-state index < -0.39 is 0 Å². The molecule has 0 amide bonds. The van der Waals surface area contributed by atoms with Gasteiger partial charge in [0.2, 0.25) is 0 Å². The van der Waals surface area contributed by atoms with Crippen LogP contribution in [0.25, 0.3) is 0 Å². The molecule has 14 heavy (non-hydrogen) atoms. The lowest BCUT2D eigenvalue weighted by atomic mass is 9.85. The monoisotopic (exact) mass is 198 g/mol. The zero-order chi connectivity index (χ0) is 10.6. The molecule has 1 rings (SSSR count). The molecule has 0 aliphatic carbocycles. The fourth-order valence-electron chi connectivity index (χ4n) is 2.69. The largest absolute Gasteiger partial charge is 0.330 e. The third kappa shape index (κ3) is 2.96. The maximum absolute atomic E-state index is 5.89. The number of nitrogens with two attached hydrogens (primary N) is 1. The standard InChI is InChI=1S/C12H26N2/c1-10(2)11(9-13)12-7-5-4-6-8-14(12)3/h10-12H,4-9,13H2,1-3H3. The van der Waals surface area contributed by atoms with Crippen LogP contribution in [0.5, 0.6) is 0 Å². The second-order valence-electron chi connectivity index (χ2n) is 5.04. The third-order valence-electron chi connectivity index (χ3n) is 3.70. The molecular formula is C12H26N2. The Morgan fingerprint density at radius 2 is 2.00 bits per heavy atom. The molecule has 2 nitrogen and oxygen atoms in total. The van der Waals surface area contributed by atoms with Gasteiger partial charge in [0.25, 0.3) is 0 Å². The quantitative estimate of drug-likeness (QED) is 0.752. The lowest BCUT2D eigenvalue weighted by Gasteiger charge is -2.35. The number of nitrogens with zero attached hydrogens (tertiary/aromatic N) is 1. The maximum Gasteiger partial charge on any atom is 0.0135 e. The van der Waals surface area contributed by atoms with Gasteiger partial charge in [-0.15, -0.1) is 0 Å². The summed E-state index contributed by atoms with van der Waals surface area (Å²) in [6.07, 6.45) is 5.49.